The molecule has 172 valence electrons. The number of ether oxygens (including phenoxy) is 1. The summed E-state index contributed by atoms with van der Waals surface area (Å²) in [6.45, 7) is 2.03. The molecule has 4 rings (SSSR count). The lowest BCUT2D eigenvalue weighted by Gasteiger charge is -2.07. The number of carbonyl (C=O) groups excluding carboxylic acids is 3. The predicted molar refractivity (Wildman–Crippen MR) is 131 cm³/mol. The van der Waals surface area contributed by atoms with Gasteiger partial charge in [0.2, 0.25) is 11.0 Å². The highest BCUT2D eigenvalue weighted by molar-refractivity contribution is 8.01. The maximum absolute atomic E-state index is 12.5. The van der Waals surface area contributed by atoms with Crippen LogP contribution in [0.25, 0.3) is 0 Å². The van der Waals surface area contributed by atoms with Gasteiger partial charge in [-0.1, -0.05) is 46.8 Å². The molecule has 0 bridgehead atoms. The fraction of sp³-hybridized carbons (Fsp3) is 0.286. The van der Waals surface area contributed by atoms with Crippen molar-refractivity contribution in [3.63, 3.8) is 0 Å². The second kappa shape index (κ2) is 10.6. The molecule has 33 heavy (non-hydrogen) atoms. The minimum atomic E-state index is -0.400. The van der Waals surface area contributed by atoms with Gasteiger partial charge >= 0.3 is 5.97 Å². The van der Waals surface area contributed by atoms with Crippen molar-refractivity contribution in [3.8, 4) is 0 Å². The first-order valence-corrected chi connectivity index (χ1v) is 13.1. The first-order chi connectivity index (χ1) is 16.0. The number of nitrogens with zero attached hydrogens (tertiary/aromatic N) is 2. The zero-order chi connectivity index (χ0) is 23.4. The molecule has 0 unspecified atom stereocenters. The van der Waals surface area contributed by atoms with E-state index in [-0.39, 0.29) is 24.2 Å². The van der Waals surface area contributed by atoms with E-state index in [2.05, 4.69) is 20.8 Å². The lowest BCUT2D eigenvalue weighted by molar-refractivity contribution is -0.113. The summed E-state index contributed by atoms with van der Waals surface area (Å²) in [5.74, 6) is -0.966. The third-order valence-corrected chi connectivity index (χ3v) is 8.23. The van der Waals surface area contributed by atoms with Crippen LogP contribution in [0.15, 0.2) is 28.6 Å². The molecule has 3 aromatic rings. The average Bonchev–Trinajstić information content (AvgIpc) is 3.49. The molecule has 2 amide bonds. The van der Waals surface area contributed by atoms with Crippen molar-refractivity contribution < 1.29 is 19.1 Å². The highest BCUT2D eigenvalue weighted by atomic mass is 35.5. The van der Waals surface area contributed by atoms with E-state index in [1.807, 2.05) is 0 Å². The maximum Gasteiger partial charge on any atom is 0.341 e. The Labute approximate surface area is 207 Å². The number of benzene rings is 1. The molecule has 2 N–H and O–H groups in total. The van der Waals surface area contributed by atoms with E-state index >= 15 is 0 Å². The molecular formula is C21H19ClN4O4S3. The molecule has 0 aliphatic heterocycles. The van der Waals surface area contributed by atoms with Gasteiger partial charge in [0.05, 0.1) is 28.5 Å². The van der Waals surface area contributed by atoms with Gasteiger partial charge in [-0.05, 0) is 43.9 Å². The summed E-state index contributed by atoms with van der Waals surface area (Å²) in [6, 6.07) is 6.70. The Balaban J connectivity index is 1.35. The first kappa shape index (κ1) is 23.7. The number of thioether (sulfide) groups is 1. The Bertz CT molecular complexity index is 1210. The Morgan fingerprint density at radius 3 is 2.76 bits per heavy atom. The third-order valence-electron chi connectivity index (χ3n) is 4.73. The highest BCUT2D eigenvalue weighted by Crippen LogP contribution is 2.39. The van der Waals surface area contributed by atoms with Crippen LogP contribution in [0.1, 0.15) is 44.5 Å². The molecule has 0 spiro atoms. The minimum absolute atomic E-state index is 0.0813. The van der Waals surface area contributed by atoms with Gasteiger partial charge in [0.15, 0.2) is 4.34 Å². The number of nitrogens with one attached hydrogen (secondary N) is 2. The molecular weight excluding hydrogens is 504 g/mol. The number of amides is 2. The van der Waals surface area contributed by atoms with Crippen LogP contribution < -0.4 is 10.6 Å². The van der Waals surface area contributed by atoms with E-state index in [1.54, 1.807) is 31.2 Å². The van der Waals surface area contributed by atoms with Crippen molar-refractivity contribution in [2.24, 2.45) is 0 Å². The van der Waals surface area contributed by atoms with Crippen LogP contribution in [-0.2, 0) is 22.4 Å². The second-order valence-corrected chi connectivity index (χ2v) is 10.6. The predicted octanol–water partition coefficient (Wildman–Crippen LogP) is 4.90. The fourth-order valence-electron chi connectivity index (χ4n) is 3.33. The summed E-state index contributed by atoms with van der Waals surface area (Å²) in [5, 5.41) is 14.6. The van der Waals surface area contributed by atoms with Crippen LogP contribution in [0.2, 0.25) is 5.02 Å². The fourth-order valence-corrected chi connectivity index (χ4v) is 6.39. The molecule has 0 saturated heterocycles. The Morgan fingerprint density at radius 2 is 1.97 bits per heavy atom. The lowest BCUT2D eigenvalue weighted by atomic mass is 10.1. The Hall–Kier alpha value is -2.47. The van der Waals surface area contributed by atoms with Gasteiger partial charge in [-0.15, -0.1) is 21.5 Å². The molecule has 2 heterocycles. The van der Waals surface area contributed by atoms with Crippen LogP contribution in [0.5, 0.6) is 0 Å². The lowest BCUT2D eigenvalue weighted by Crippen LogP contribution is -2.16. The van der Waals surface area contributed by atoms with Crippen molar-refractivity contribution in [1.82, 2.24) is 10.2 Å². The van der Waals surface area contributed by atoms with Gasteiger partial charge in [-0.3, -0.25) is 14.9 Å². The number of carbonyl (C=O) groups is 3. The summed E-state index contributed by atoms with van der Waals surface area (Å²) in [4.78, 5) is 38.4. The second-order valence-electron chi connectivity index (χ2n) is 6.93. The summed E-state index contributed by atoms with van der Waals surface area (Å²) in [6.07, 6.45) is 2.73. The SMILES string of the molecule is CCOC(=O)c1c(NC(=O)CSc2nnc(NC(=O)c3ccccc3Cl)s2)sc2c1CCC2. The van der Waals surface area contributed by atoms with E-state index < -0.39 is 5.97 Å². The number of halogens is 1. The smallest absolute Gasteiger partial charge is 0.341 e. The Kier molecular flexibility index (Phi) is 7.63. The zero-order valence-corrected chi connectivity index (χ0v) is 20.7. The summed E-state index contributed by atoms with van der Waals surface area (Å²) < 4.78 is 5.72. The molecule has 0 radical (unpaired) electrons. The van der Waals surface area contributed by atoms with Crippen molar-refractivity contribution in [2.75, 3.05) is 23.0 Å². The Morgan fingerprint density at radius 1 is 1.15 bits per heavy atom. The zero-order valence-electron chi connectivity index (χ0n) is 17.5. The van der Waals surface area contributed by atoms with Gasteiger partial charge in [-0.2, -0.15) is 0 Å². The number of hydrogen-bond donors (Lipinski definition) is 2. The number of fused-ring (bicyclic) bond motifs is 1. The molecule has 0 fully saturated rings. The highest BCUT2D eigenvalue weighted by Gasteiger charge is 2.28. The molecule has 0 saturated carbocycles. The van der Waals surface area contributed by atoms with Gasteiger partial charge in [0, 0.05) is 4.88 Å². The van der Waals surface area contributed by atoms with Crippen molar-refractivity contribution >= 4 is 74.0 Å². The standard InChI is InChI=1S/C21H19ClN4O4S3/c1-2-30-19(29)16-12-7-5-9-14(12)32-18(16)23-15(27)10-31-21-26-25-20(33-21)24-17(28)11-6-3-4-8-13(11)22/h3-4,6,8H,2,5,7,9-10H2,1H3,(H,23,27)(H,24,25,28). The van der Waals surface area contributed by atoms with Crippen LogP contribution in [0.4, 0.5) is 10.1 Å². The van der Waals surface area contributed by atoms with Crippen molar-refractivity contribution in [3.05, 3.63) is 50.9 Å². The van der Waals surface area contributed by atoms with Gasteiger partial charge in [0.1, 0.15) is 5.00 Å². The quantitative estimate of drug-likeness (QED) is 0.246. The maximum atomic E-state index is 12.5. The van der Waals surface area contributed by atoms with Gasteiger partial charge in [0.25, 0.3) is 5.91 Å². The monoisotopic (exact) mass is 522 g/mol. The van der Waals surface area contributed by atoms with Crippen molar-refractivity contribution in [1.29, 1.82) is 0 Å². The number of rotatable bonds is 8. The molecule has 2 aromatic heterocycles. The van der Waals surface area contributed by atoms with Crippen molar-refractivity contribution in [2.45, 2.75) is 30.5 Å². The molecule has 1 aliphatic carbocycles. The largest absolute Gasteiger partial charge is 0.462 e. The number of aromatic nitrogens is 2. The minimum Gasteiger partial charge on any atom is -0.462 e. The average molecular weight is 523 g/mol. The molecule has 1 aromatic carbocycles. The van der Waals surface area contributed by atoms with E-state index in [4.69, 9.17) is 16.3 Å². The number of esters is 1. The van der Waals surface area contributed by atoms with Crippen LogP contribution in [-0.4, -0.2) is 40.3 Å². The topological polar surface area (TPSA) is 110 Å². The van der Waals surface area contributed by atoms with Crippen LogP contribution >= 0.6 is 46.0 Å². The summed E-state index contributed by atoms with van der Waals surface area (Å²) >= 11 is 9.83. The van der Waals surface area contributed by atoms with E-state index in [0.717, 1.165) is 41.0 Å². The molecule has 0 atom stereocenters. The summed E-state index contributed by atoms with van der Waals surface area (Å²) in [7, 11) is 0. The first-order valence-electron chi connectivity index (χ1n) is 10.1. The normalized spacial score (nSPS) is 12.3. The van der Waals surface area contributed by atoms with E-state index in [9.17, 15) is 14.4 Å². The van der Waals surface area contributed by atoms with E-state index in [0.29, 0.717) is 30.6 Å². The number of thiophene rings is 1. The van der Waals surface area contributed by atoms with Gasteiger partial charge < -0.3 is 10.1 Å². The van der Waals surface area contributed by atoms with Gasteiger partial charge in [-0.25, -0.2) is 4.79 Å². The van der Waals surface area contributed by atoms with Crippen LogP contribution in [0, 0.1) is 0 Å². The molecule has 12 heteroatoms. The molecule has 1 aliphatic rings. The van der Waals surface area contributed by atoms with Crippen LogP contribution in [0.3, 0.4) is 0 Å². The number of hydrogen-bond acceptors (Lipinski definition) is 9. The molecule has 8 nitrogen and oxygen atoms in total. The number of aryl methyl sites for hydroxylation is 1. The number of anilines is 2. The third kappa shape index (κ3) is 5.55. The van der Waals surface area contributed by atoms with E-state index in [1.165, 1.54) is 23.1 Å². The summed E-state index contributed by atoms with van der Waals surface area (Å²) in [5.41, 5.74) is 1.81.